The van der Waals surface area contributed by atoms with Gasteiger partial charge in [-0.3, -0.25) is 9.69 Å². The number of aliphatic hydroxyl groups is 1. The molecule has 1 amide bonds. The van der Waals surface area contributed by atoms with Gasteiger partial charge in [0.25, 0.3) is 0 Å². The van der Waals surface area contributed by atoms with Crippen LogP contribution in [0.3, 0.4) is 0 Å². The number of fused-ring (bicyclic) bond motifs is 1. The van der Waals surface area contributed by atoms with Crippen molar-refractivity contribution in [2.24, 2.45) is 5.92 Å². The number of ether oxygens (including phenoxy) is 1. The minimum absolute atomic E-state index is 0.0442. The van der Waals surface area contributed by atoms with E-state index in [-0.39, 0.29) is 25.1 Å². The van der Waals surface area contributed by atoms with Crippen molar-refractivity contribution in [1.82, 2.24) is 10.2 Å². The lowest BCUT2D eigenvalue weighted by molar-refractivity contribution is -0.126. The summed E-state index contributed by atoms with van der Waals surface area (Å²) in [5.74, 6) is 0.395. The second-order valence-electron chi connectivity index (χ2n) is 7.00. The molecule has 2 unspecified atom stereocenters. The van der Waals surface area contributed by atoms with Crippen LogP contribution in [0.15, 0.2) is 24.3 Å². The van der Waals surface area contributed by atoms with Crippen molar-refractivity contribution in [1.29, 1.82) is 0 Å². The summed E-state index contributed by atoms with van der Waals surface area (Å²) < 4.78 is 5.39. The molecule has 2 rings (SSSR count). The van der Waals surface area contributed by atoms with E-state index in [1.54, 1.807) is 0 Å². The first-order valence-corrected chi connectivity index (χ1v) is 8.81. The van der Waals surface area contributed by atoms with E-state index in [4.69, 9.17) is 4.74 Å². The highest BCUT2D eigenvalue weighted by molar-refractivity contribution is 5.81. The van der Waals surface area contributed by atoms with Gasteiger partial charge < -0.3 is 15.2 Å². The average Bonchev–Trinajstić information content (AvgIpc) is 2.58. The molecule has 0 aromatic heterocycles. The Labute approximate surface area is 145 Å². The molecular formula is C19H30N2O3. The smallest absolute Gasteiger partial charge is 0.237 e. The van der Waals surface area contributed by atoms with Crippen LogP contribution in [0, 0.1) is 5.92 Å². The Kier molecular flexibility index (Phi) is 7.21. The first-order valence-electron chi connectivity index (χ1n) is 8.81. The van der Waals surface area contributed by atoms with E-state index in [0.29, 0.717) is 12.5 Å². The highest BCUT2D eigenvalue weighted by Crippen LogP contribution is 2.20. The molecule has 0 aliphatic carbocycles. The van der Waals surface area contributed by atoms with Gasteiger partial charge in [-0.2, -0.15) is 0 Å². The molecule has 1 aromatic rings. The summed E-state index contributed by atoms with van der Waals surface area (Å²) in [4.78, 5) is 14.5. The molecule has 134 valence electrons. The van der Waals surface area contributed by atoms with E-state index in [0.717, 1.165) is 19.5 Å². The summed E-state index contributed by atoms with van der Waals surface area (Å²) in [6.45, 7) is 8.82. The van der Waals surface area contributed by atoms with Crippen LogP contribution in [0.1, 0.15) is 31.9 Å². The van der Waals surface area contributed by atoms with Crippen LogP contribution in [0.25, 0.3) is 0 Å². The van der Waals surface area contributed by atoms with Gasteiger partial charge in [-0.15, -0.1) is 0 Å². The topological polar surface area (TPSA) is 61.8 Å². The number of rotatable bonds is 8. The van der Waals surface area contributed by atoms with Gasteiger partial charge in [0.15, 0.2) is 0 Å². The van der Waals surface area contributed by atoms with E-state index in [1.807, 2.05) is 13.0 Å². The monoisotopic (exact) mass is 334 g/mol. The SMILES string of the molecule is CC(C)COCC(O)CNC(=O)C(C)N1CCc2ccccc2C1. The van der Waals surface area contributed by atoms with Gasteiger partial charge in [0, 0.05) is 26.2 Å². The summed E-state index contributed by atoms with van der Waals surface area (Å²) in [6, 6.07) is 8.18. The summed E-state index contributed by atoms with van der Waals surface area (Å²) >= 11 is 0. The summed E-state index contributed by atoms with van der Waals surface area (Å²) in [5.41, 5.74) is 2.67. The number of nitrogens with one attached hydrogen (secondary N) is 1. The molecule has 24 heavy (non-hydrogen) atoms. The van der Waals surface area contributed by atoms with Crippen LogP contribution in [0.2, 0.25) is 0 Å². The molecule has 0 radical (unpaired) electrons. The van der Waals surface area contributed by atoms with Crippen LogP contribution in [0.4, 0.5) is 0 Å². The minimum Gasteiger partial charge on any atom is -0.389 e. The van der Waals surface area contributed by atoms with E-state index in [2.05, 4.69) is 42.3 Å². The molecule has 1 heterocycles. The molecule has 1 aliphatic heterocycles. The van der Waals surface area contributed by atoms with E-state index >= 15 is 0 Å². The first-order chi connectivity index (χ1) is 11.5. The first kappa shape index (κ1) is 18.9. The predicted octanol–water partition coefficient (Wildman–Crippen LogP) is 1.58. The standard InChI is InChI=1S/C19H30N2O3/c1-14(2)12-24-13-18(22)10-20-19(23)15(3)21-9-8-16-6-4-5-7-17(16)11-21/h4-7,14-15,18,22H,8-13H2,1-3H3,(H,20,23). The number of hydrogen-bond acceptors (Lipinski definition) is 4. The number of amides is 1. The van der Waals surface area contributed by atoms with Crippen molar-refractivity contribution in [3.05, 3.63) is 35.4 Å². The average molecular weight is 334 g/mol. The highest BCUT2D eigenvalue weighted by Gasteiger charge is 2.25. The van der Waals surface area contributed by atoms with Gasteiger partial charge in [-0.05, 0) is 30.4 Å². The Morgan fingerprint density at radius 3 is 2.67 bits per heavy atom. The third-order valence-corrected chi connectivity index (χ3v) is 4.36. The molecular weight excluding hydrogens is 304 g/mol. The van der Waals surface area contributed by atoms with Crippen molar-refractivity contribution in [3.63, 3.8) is 0 Å². The number of hydrogen-bond donors (Lipinski definition) is 2. The van der Waals surface area contributed by atoms with Gasteiger partial charge in [-0.1, -0.05) is 38.1 Å². The summed E-state index contributed by atoms with van der Waals surface area (Å²) in [5, 5.41) is 12.7. The van der Waals surface area contributed by atoms with E-state index < -0.39 is 6.10 Å². The quantitative estimate of drug-likeness (QED) is 0.758. The van der Waals surface area contributed by atoms with Gasteiger partial charge in [-0.25, -0.2) is 0 Å². The molecule has 5 nitrogen and oxygen atoms in total. The van der Waals surface area contributed by atoms with Crippen molar-refractivity contribution in [3.8, 4) is 0 Å². The molecule has 0 saturated heterocycles. The summed E-state index contributed by atoms with van der Waals surface area (Å²) in [7, 11) is 0. The zero-order chi connectivity index (χ0) is 17.5. The van der Waals surface area contributed by atoms with Crippen LogP contribution < -0.4 is 5.32 Å². The largest absolute Gasteiger partial charge is 0.389 e. The van der Waals surface area contributed by atoms with Crippen molar-refractivity contribution in [2.75, 3.05) is 26.3 Å². The lowest BCUT2D eigenvalue weighted by Gasteiger charge is -2.33. The summed E-state index contributed by atoms with van der Waals surface area (Å²) in [6.07, 6.45) is 0.307. The van der Waals surface area contributed by atoms with Crippen LogP contribution in [-0.2, 0) is 22.5 Å². The Balaban J connectivity index is 1.74. The van der Waals surface area contributed by atoms with Gasteiger partial charge >= 0.3 is 0 Å². The van der Waals surface area contributed by atoms with Gasteiger partial charge in [0.2, 0.25) is 5.91 Å². The van der Waals surface area contributed by atoms with Crippen LogP contribution >= 0.6 is 0 Å². The van der Waals surface area contributed by atoms with Crippen molar-refractivity contribution >= 4 is 5.91 Å². The fourth-order valence-corrected chi connectivity index (χ4v) is 2.88. The second kappa shape index (κ2) is 9.16. The number of benzene rings is 1. The third-order valence-electron chi connectivity index (χ3n) is 4.36. The molecule has 0 bridgehead atoms. The van der Waals surface area contributed by atoms with E-state index in [9.17, 15) is 9.90 Å². The maximum Gasteiger partial charge on any atom is 0.237 e. The molecule has 0 fully saturated rings. The van der Waals surface area contributed by atoms with Crippen molar-refractivity contribution < 1.29 is 14.6 Å². The maximum absolute atomic E-state index is 12.3. The predicted molar refractivity (Wildman–Crippen MR) is 94.7 cm³/mol. The minimum atomic E-state index is -0.665. The number of nitrogens with zero attached hydrogens (tertiary/aromatic N) is 1. The second-order valence-corrected chi connectivity index (χ2v) is 7.00. The Morgan fingerprint density at radius 1 is 1.25 bits per heavy atom. The van der Waals surface area contributed by atoms with Gasteiger partial charge in [0.05, 0.1) is 18.8 Å². The highest BCUT2D eigenvalue weighted by atomic mass is 16.5. The molecule has 1 aromatic carbocycles. The molecule has 5 heteroatoms. The maximum atomic E-state index is 12.3. The number of carbonyl (C=O) groups is 1. The van der Waals surface area contributed by atoms with Crippen LogP contribution in [0.5, 0.6) is 0 Å². The number of aliphatic hydroxyl groups excluding tert-OH is 1. The van der Waals surface area contributed by atoms with Gasteiger partial charge in [0.1, 0.15) is 0 Å². The molecule has 0 saturated carbocycles. The lowest BCUT2D eigenvalue weighted by Crippen LogP contribution is -2.48. The molecule has 2 N–H and O–H groups in total. The Hall–Kier alpha value is -1.43. The van der Waals surface area contributed by atoms with Crippen molar-refractivity contribution in [2.45, 2.75) is 45.9 Å². The van der Waals surface area contributed by atoms with Crippen LogP contribution in [-0.4, -0.2) is 54.4 Å². The molecule has 1 aliphatic rings. The molecule has 0 spiro atoms. The zero-order valence-electron chi connectivity index (χ0n) is 15.0. The Morgan fingerprint density at radius 2 is 1.96 bits per heavy atom. The fraction of sp³-hybridized carbons (Fsp3) is 0.632. The third kappa shape index (κ3) is 5.58. The normalized spacial score (nSPS) is 17.4. The molecule has 2 atom stereocenters. The lowest BCUT2D eigenvalue weighted by atomic mass is 9.99. The zero-order valence-corrected chi connectivity index (χ0v) is 15.0. The number of carbonyl (C=O) groups excluding carboxylic acids is 1. The van der Waals surface area contributed by atoms with E-state index in [1.165, 1.54) is 11.1 Å². The fourth-order valence-electron chi connectivity index (χ4n) is 2.88. The Bertz CT molecular complexity index is 533.